The van der Waals surface area contributed by atoms with Crippen molar-refractivity contribution in [2.75, 3.05) is 0 Å². The van der Waals surface area contributed by atoms with Gasteiger partial charge in [-0.2, -0.15) is 5.10 Å². The third-order valence-electron chi connectivity index (χ3n) is 2.77. The van der Waals surface area contributed by atoms with Gasteiger partial charge in [-0.25, -0.2) is 9.67 Å². The smallest absolute Gasteiger partial charge is 0.262 e. The van der Waals surface area contributed by atoms with Gasteiger partial charge in [0.25, 0.3) is 5.56 Å². The zero-order chi connectivity index (χ0) is 13.9. The molecule has 0 atom stereocenters. The Hall–Kier alpha value is -3.12. The maximum atomic E-state index is 11.9. The van der Waals surface area contributed by atoms with Crippen molar-refractivity contribution >= 4 is 11.0 Å². The van der Waals surface area contributed by atoms with E-state index < -0.39 is 0 Å². The summed E-state index contributed by atoms with van der Waals surface area (Å²) in [4.78, 5) is 21.4. The molecule has 0 unspecified atom stereocenters. The molecule has 8 nitrogen and oxygen atoms in total. The van der Waals surface area contributed by atoms with E-state index in [9.17, 15) is 4.79 Å². The maximum Gasteiger partial charge on any atom is 0.262 e. The zero-order valence-corrected chi connectivity index (χ0v) is 10.3. The molecule has 1 N–H and O–H groups in total. The normalized spacial score (nSPS) is 10.4. The molecule has 20 heavy (non-hydrogen) atoms. The van der Waals surface area contributed by atoms with E-state index in [-0.39, 0.29) is 12.1 Å². The van der Waals surface area contributed by atoms with E-state index in [1.54, 1.807) is 4.68 Å². The molecule has 0 fully saturated rings. The van der Waals surface area contributed by atoms with Gasteiger partial charge in [0.2, 0.25) is 0 Å². The molecule has 0 saturated carbocycles. The third kappa shape index (κ3) is 2.00. The Labute approximate surface area is 112 Å². The minimum absolute atomic E-state index is 0.0123. The second kappa shape index (κ2) is 4.87. The van der Waals surface area contributed by atoms with Crippen LogP contribution >= 0.6 is 0 Å². The standard InChI is InChI=1S/C12H9N7O/c13-18-14-7-10-16-11-9(12(20)17-10)6-15-19(11)8-4-2-1-3-5-8/h1-6H,7H2,(H,16,17,20). The first-order chi connectivity index (χ1) is 9.79. The van der Waals surface area contributed by atoms with Crippen molar-refractivity contribution in [1.82, 2.24) is 19.7 Å². The monoisotopic (exact) mass is 267 g/mol. The van der Waals surface area contributed by atoms with Crippen LogP contribution in [0, 0.1) is 0 Å². The summed E-state index contributed by atoms with van der Waals surface area (Å²) in [6.07, 6.45) is 1.46. The first-order valence-corrected chi connectivity index (χ1v) is 5.83. The number of H-pyrrole nitrogens is 1. The summed E-state index contributed by atoms with van der Waals surface area (Å²) in [5.41, 5.74) is 9.25. The van der Waals surface area contributed by atoms with E-state index >= 15 is 0 Å². The van der Waals surface area contributed by atoms with Crippen molar-refractivity contribution in [2.24, 2.45) is 5.11 Å². The second-order valence-electron chi connectivity index (χ2n) is 4.03. The molecular weight excluding hydrogens is 258 g/mol. The number of hydrogen-bond acceptors (Lipinski definition) is 4. The highest BCUT2D eigenvalue weighted by Gasteiger charge is 2.10. The number of nitrogens with one attached hydrogen (secondary N) is 1. The summed E-state index contributed by atoms with van der Waals surface area (Å²) in [6.45, 7) is -0.0123. The fourth-order valence-corrected chi connectivity index (χ4v) is 1.90. The molecule has 0 saturated heterocycles. The summed E-state index contributed by atoms with van der Waals surface area (Å²) in [5.74, 6) is 0.304. The van der Waals surface area contributed by atoms with Crippen LogP contribution in [0.15, 0.2) is 46.4 Å². The van der Waals surface area contributed by atoms with E-state index in [0.29, 0.717) is 16.9 Å². The number of rotatable bonds is 3. The van der Waals surface area contributed by atoms with Gasteiger partial charge in [0.15, 0.2) is 5.65 Å². The second-order valence-corrected chi connectivity index (χ2v) is 4.03. The Kier molecular flexibility index (Phi) is 2.91. The molecule has 0 spiro atoms. The minimum atomic E-state index is -0.305. The van der Waals surface area contributed by atoms with Crippen LogP contribution < -0.4 is 5.56 Å². The van der Waals surface area contributed by atoms with Crippen LogP contribution in [-0.4, -0.2) is 19.7 Å². The van der Waals surface area contributed by atoms with Crippen molar-refractivity contribution in [1.29, 1.82) is 0 Å². The average Bonchev–Trinajstić information content (AvgIpc) is 2.90. The SMILES string of the molecule is [N-]=[N+]=NCc1nc2c(cnn2-c2ccccc2)c(=O)[nH]1. The molecule has 0 aliphatic carbocycles. The van der Waals surface area contributed by atoms with Crippen LogP contribution in [0.3, 0.4) is 0 Å². The lowest BCUT2D eigenvalue weighted by atomic mass is 10.3. The van der Waals surface area contributed by atoms with Crippen LogP contribution in [-0.2, 0) is 6.54 Å². The molecule has 0 bridgehead atoms. The van der Waals surface area contributed by atoms with E-state index in [2.05, 4.69) is 25.1 Å². The van der Waals surface area contributed by atoms with Crippen molar-refractivity contribution < 1.29 is 0 Å². The van der Waals surface area contributed by atoms with Crippen LogP contribution in [0.4, 0.5) is 0 Å². The number of nitrogens with zero attached hydrogens (tertiary/aromatic N) is 6. The van der Waals surface area contributed by atoms with Gasteiger partial charge in [0.05, 0.1) is 18.4 Å². The minimum Gasteiger partial charge on any atom is -0.310 e. The average molecular weight is 267 g/mol. The lowest BCUT2D eigenvalue weighted by Crippen LogP contribution is -2.11. The van der Waals surface area contributed by atoms with Gasteiger partial charge in [-0.1, -0.05) is 23.3 Å². The largest absolute Gasteiger partial charge is 0.310 e. The summed E-state index contributed by atoms with van der Waals surface area (Å²) < 4.78 is 1.57. The number of azide groups is 1. The highest BCUT2D eigenvalue weighted by Crippen LogP contribution is 2.13. The highest BCUT2D eigenvalue weighted by atomic mass is 16.1. The first kappa shape index (κ1) is 11.9. The van der Waals surface area contributed by atoms with Gasteiger partial charge < -0.3 is 4.98 Å². The molecule has 0 amide bonds. The molecular formula is C12H9N7O. The van der Waals surface area contributed by atoms with Crippen LogP contribution in [0.1, 0.15) is 5.82 Å². The summed E-state index contributed by atoms with van der Waals surface area (Å²) in [5, 5.41) is 7.96. The number of fused-ring (bicyclic) bond motifs is 1. The molecule has 2 heterocycles. The number of para-hydroxylation sites is 1. The van der Waals surface area contributed by atoms with Gasteiger partial charge in [0, 0.05) is 4.91 Å². The van der Waals surface area contributed by atoms with Crippen molar-refractivity contribution in [2.45, 2.75) is 6.54 Å². The Morgan fingerprint density at radius 1 is 1.35 bits per heavy atom. The predicted molar refractivity (Wildman–Crippen MR) is 72.3 cm³/mol. The van der Waals surface area contributed by atoms with Gasteiger partial charge in [-0.3, -0.25) is 4.79 Å². The van der Waals surface area contributed by atoms with E-state index in [4.69, 9.17) is 5.53 Å². The van der Waals surface area contributed by atoms with Gasteiger partial charge >= 0.3 is 0 Å². The third-order valence-corrected chi connectivity index (χ3v) is 2.77. The number of aromatic nitrogens is 4. The fraction of sp³-hybridized carbons (Fsp3) is 0.0833. The van der Waals surface area contributed by atoms with Gasteiger partial charge in [-0.05, 0) is 17.7 Å². The molecule has 1 aromatic carbocycles. The molecule has 2 aromatic heterocycles. The fourth-order valence-electron chi connectivity index (χ4n) is 1.90. The van der Waals surface area contributed by atoms with Crippen molar-refractivity contribution in [3.8, 4) is 5.69 Å². The number of hydrogen-bond donors (Lipinski definition) is 1. The van der Waals surface area contributed by atoms with Crippen molar-refractivity contribution in [3.05, 3.63) is 63.1 Å². The lowest BCUT2D eigenvalue weighted by Gasteiger charge is -2.03. The van der Waals surface area contributed by atoms with Crippen LogP contribution in [0.2, 0.25) is 0 Å². The summed E-state index contributed by atoms with van der Waals surface area (Å²) in [7, 11) is 0. The lowest BCUT2D eigenvalue weighted by molar-refractivity contribution is 0.861. The predicted octanol–water partition coefficient (Wildman–Crippen LogP) is 1.92. The Bertz CT molecular complexity index is 858. The molecule has 8 heteroatoms. The van der Waals surface area contributed by atoms with E-state index in [1.807, 2.05) is 30.3 Å². The Morgan fingerprint density at radius 3 is 2.90 bits per heavy atom. The molecule has 0 radical (unpaired) electrons. The maximum absolute atomic E-state index is 11.9. The molecule has 3 rings (SSSR count). The Morgan fingerprint density at radius 2 is 2.15 bits per heavy atom. The molecule has 0 aliphatic heterocycles. The molecule has 3 aromatic rings. The highest BCUT2D eigenvalue weighted by molar-refractivity contribution is 5.75. The van der Waals surface area contributed by atoms with E-state index in [0.717, 1.165) is 5.69 Å². The van der Waals surface area contributed by atoms with Crippen LogP contribution in [0.25, 0.3) is 27.2 Å². The topological polar surface area (TPSA) is 112 Å². The van der Waals surface area contributed by atoms with E-state index in [1.165, 1.54) is 6.20 Å². The van der Waals surface area contributed by atoms with Gasteiger partial charge in [-0.15, -0.1) is 0 Å². The van der Waals surface area contributed by atoms with Gasteiger partial charge in [0.1, 0.15) is 11.2 Å². The number of aromatic amines is 1. The molecule has 0 aliphatic rings. The molecule has 98 valence electrons. The van der Waals surface area contributed by atoms with Crippen LogP contribution in [0.5, 0.6) is 0 Å². The zero-order valence-electron chi connectivity index (χ0n) is 10.3. The summed E-state index contributed by atoms with van der Waals surface area (Å²) >= 11 is 0. The Balaban J connectivity index is 2.22. The van der Waals surface area contributed by atoms with Crippen molar-refractivity contribution in [3.63, 3.8) is 0 Å². The first-order valence-electron chi connectivity index (χ1n) is 5.83. The quantitative estimate of drug-likeness (QED) is 0.444. The summed E-state index contributed by atoms with van der Waals surface area (Å²) in [6, 6.07) is 9.36. The number of benzene rings is 1.